The maximum atomic E-state index is 11.2. The monoisotopic (exact) mass is 321 g/mol. The van der Waals surface area contributed by atoms with Gasteiger partial charge in [0, 0.05) is 16.2 Å². The van der Waals surface area contributed by atoms with Crippen LogP contribution in [0.5, 0.6) is 0 Å². The second kappa shape index (κ2) is 4.93. The zero-order chi connectivity index (χ0) is 9.83. The second-order valence-electron chi connectivity index (χ2n) is 2.83. The molecule has 0 radical (unpaired) electrons. The van der Waals surface area contributed by atoms with Gasteiger partial charge in [-0.1, -0.05) is 31.9 Å². The Morgan fingerprint density at radius 2 is 1.75 bits per heavy atom. The van der Waals surface area contributed by atoms with Crippen molar-refractivity contribution in [1.82, 2.24) is 4.72 Å². The molecule has 0 aromatic rings. The van der Waals surface area contributed by atoms with Crippen molar-refractivity contribution < 1.29 is 8.42 Å². The summed E-state index contributed by atoms with van der Waals surface area (Å²) in [6.07, 6.45) is 0. The fourth-order valence-electron chi connectivity index (χ4n) is 0.538. The largest absolute Gasteiger partial charge is 0.212 e. The molecule has 0 atom stereocenters. The Labute approximate surface area is 90.6 Å². The molecule has 1 N–H and O–H groups in total. The molecule has 0 bridgehead atoms. The molecule has 6 heteroatoms. The summed E-state index contributed by atoms with van der Waals surface area (Å²) in [7, 11) is -3.11. The topological polar surface area (TPSA) is 46.2 Å². The van der Waals surface area contributed by atoms with Crippen LogP contribution in [0.2, 0.25) is 0 Å². The Bertz CT molecular complexity index is 224. The molecule has 0 amide bonds. The van der Waals surface area contributed by atoms with Crippen LogP contribution >= 0.6 is 31.9 Å². The van der Waals surface area contributed by atoms with E-state index in [0.29, 0.717) is 10.7 Å². The molecule has 0 aromatic carbocycles. The SMILES string of the molecule is CCS(=O)(=O)NC(C)(CBr)CBr. The number of alkyl halides is 2. The van der Waals surface area contributed by atoms with Crippen LogP contribution in [0.4, 0.5) is 0 Å². The van der Waals surface area contributed by atoms with Gasteiger partial charge in [-0.3, -0.25) is 0 Å². The van der Waals surface area contributed by atoms with Crippen LogP contribution in [-0.2, 0) is 10.0 Å². The molecule has 0 saturated carbocycles. The lowest BCUT2D eigenvalue weighted by atomic mass is 10.1. The maximum Gasteiger partial charge on any atom is 0.211 e. The standard InChI is InChI=1S/C6H13Br2NO2S/c1-3-12(10,11)9-6(2,4-7)5-8/h9H,3-5H2,1-2H3. The highest BCUT2D eigenvalue weighted by molar-refractivity contribution is 9.09. The lowest BCUT2D eigenvalue weighted by Crippen LogP contribution is -2.49. The minimum Gasteiger partial charge on any atom is -0.212 e. The van der Waals surface area contributed by atoms with E-state index in [2.05, 4.69) is 36.6 Å². The highest BCUT2D eigenvalue weighted by Gasteiger charge is 2.26. The number of rotatable bonds is 5. The summed E-state index contributed by atoms with van der Waals surface area (Å²) in [5, 5.41) is 1.18. The molecule has 0 fully saturated rings. The van der Waals surface area contributed by atoms with Gasteiger partial charge in [0.25, 0.3) is 0 Å². The number of hydrogen-bond donors (Lipinski definition) is 1. The van der Waals surface area contributed by atoms with Crippen molar-refractivity contribution in [2.24, 2.45) is 0 Å². The Kier molecular flexibility index (Phi) is 5.29. The summed E-state index contributed by atoms with van der Waals surface area (Å²) >= 11 is 6.51. The Balaban J connectivity index is 4.42. The Morgan fingerprint density at radius 1 is 1.33 bits per heavy atom. The zero-order valence-corrected chi connectivity index (χ0v) is 11.1. The first kappa shape index (κ1) is 12.9. The average molecular weight is 323 g/mol. The van der Waals surface area contributed by atoms with Gasteiger partial charge in [-0.15, -0.1) is 0 Å². The summed E-state index contributed by atoms with van der Waals surface area (Å²) in [5.74, 6) is 0.114. The van der Waals surface area contributed by atoms with Gasteiger partial charge in [0.1, 0.15) is 0 Å². The molecule has 0 heterocycles. The Hall–Kier alpha value is 0.870. The van der Waals surface area contributed by atoms with E-state index in [0.717, 1.165) is 0 Å². The third-order valence-electron chi connectivity index (χ3n) is 1.37. The van der Waals surface area contributed by atoms with Crippen molar-refractivity contribution in [3.8, 4) is 0 Å². The van der Waals surface area contributed by atoms with Gasteiger partial charge >= 0.3 is 0 Å². The molecule has 0 spiro atoms. The molecular weight excluding hydrogens is 310 g/mol. The fraction of sp³-hybridized carbons (Fsp3) is 1.00. The quantitative estimate of drug-likeness (QED) is 0.779. The summed E-state index contributed by atoms with van der Waals surface area (Å²) in [6.45, 7) is 3.45. The van der Waals surface area contributed by atoms with E-state index in [4.69, 9.17) is 0 Å². The van der Waals surface area contributed by atoms with Crippen LogP contribution in [-0.4, -0.2) is 30.4 Å². The molecule has 0 aliphatic heterocycles. The summed E-state index contributed by atoms with van der Waals surface area (Å²) in [4.78, 5) is 0. The highest BCUT2D eigenvalue weighted by Crippen LogP contribution is 2.12. The summed E-state index contributed by atoms with van der Waals surface area (Å²) in [6, 6.07) is 0. The van der Waals surface area contributed by atoms with E-state index in [-0.39, 0.29) is 5.75 Å². The second-order valence-corrected chi connectivity index (χ2v) is 5.97. The lowest BCUT2D eigenvalue weighted by Gasteiger charge is -2.25. The van der Waals surface area contributed by atoms with Crippen LogP contribution < -0.4 is 4.72 Å². The van der Waals surface area contributed by atoms with E-state index in [1.807, 2.05) is 6.92 Å². The highest BCUT2D eigenvalue weighted by atomic mass is 79.9. The van der Waals surface area contributed by atoms with E-state index in [9.17, 15) is 8.42 Å². The minimum atomic E-state index is -3.11. The fourth-order valence-corrected chi connectivity index (χ4v) is 3.16. The minimum absolute atomic E-state index is 0.114. The molecular formula is C6H13Br2NO2S. The van der Waals surface area contributed by atoms with Crippen molar-refractivity contribution in [1.29, 1.82) is 0 Å². The molecule has 0 aliphatic rings. The lowest BCUT2D eigenvalue weighted by molar-refractivity contribution is 0.510. The number of halogens is 2. The molecule has 0 unspecified atom stereocenters. The summed E-state index contributed by atoms with van der Waals surface area (Å²) in [5.41, 5.74) is -0.436. The van der Waals surface area contributed by atoms with E-state index >= 15 is 0 Å². The smallest absolute Gasteiger partial charge is 0.211 e. The third kappa shape index (κ3) is 4.20. The van der Waals surface area contributed by atoms with Gasteiger partial charge in [-0.25, -0.2) is 13.1 Å². The van der Waals surface area contributed by atoms with E-state index in [1.54, 1.807) is 6.92 Å². The first-order valence-electron chi connectivity index (χ1n) is 3.52. The van der Waals surface area contributed by atoms with Crippen LogP contribution in [0.3, 0.4) is 0 Å². The van der Waals surface area contributed by atoms with Crippen molar-refractivity contribution in [2.45, 2.75) is 19.4 Å². The van der Waals surface area contributed by atoms with Crippen molar-refractivity contribution in [2.75, 3.05) is 16.4 Å². The molecule has 0 rings (SSSR count). The summed E-state index contributed by atoms with van der Waals surface area (Å²) < 4.78 is 25.0. The molecule has 0 aliphatic carbocycles. The third-order valence-corrected chi connectivity index (χ3v) is 5.41. The van der Waals surface area contributed by atoms with Crippen LogP contribution in [0, 0.1) is 0 Å². The number of hydrogen-bond acceptors (Lipinski definition) is 2. The van der Waals surface area contributed by atoms with Gasteiger partial charge in [0.05, 0.1) is 5.75 Å². The first-order valence-corrected chi connectivity index (χ1v) is 7.42. The zero-order valence-electron chi connectivity index (χ0n) is 7.10. The predicted octanol–water partition coefficient (Wildman–Crippen LogP) is 1.47. The number of nitrogens with one attached hydrogen (secondary N) is 1. The van der Waals surface area contributed by atoms with Gasteiger partial charge in [0.2, 0.25) is 10.0 Å². The molecule has 74 valence electrons. The van der Waals surface area contributed by atoms with Gasteiger partial charge in [-0.2, -0.15) is 0 Å². The van der Waals surface area contributed by atoms with Gasteiger partial charge in [-0.05, 0) is 13.8 Å². The predicted molar refractivity (Wildman–Crippen MR) is 58.6 cm³/mol. The Morgan fingerprint density at radius 3 is 2.00 bits per heavy atom. The normalized spacial score (nSPS) is 13.3. The van der Waals surface area contributed by atoms with Crippen LogP contribution in [0.25, 0.3) is 0 Å². The van der Waals surface area contributed by atoms with E-state index < -0.39 is 15.6 Å². The van der Waals surface area contributed by atoms with Gasteiger partial charge < -0.3 is 0 Å². The van der Waals surface area contributed by atoms with Crippen molar-refractivity contribution in [3.63, 3.8) is 0 Å². The first-order chi connectivity index (χ1) is 5.39. The van der Waals surface area contributed by atoms with Crippen LogP contribution in [0.1, 0.15) is 13.8 Å². The van der Waals surface area contributed by atoms with Gasteiger partial charge in [0.15, 0.2) is 0 Å². The molecule has 12 heavy (non-hydrogen) atoms. The molecule has 3 nitrogen and oxygen atoms in total. The average Bonchev–Trinajstić information content (AvgIpc) is 2.04. The molecule has 0 saturated heterocycles. The maximum absolute atomic E-state index is 11.2. The van der Waals surface area contributed by atoms with E-state index in [1.165, 1.54) is 0 Å². The number of sulfonamides is 1. The van der Waals surface area contributed by atoms with Crippen molar-refractivity contribution in [3.05, 3.63) is 0 Å². The molecule has 0 aromatic heterocycles. The van der Waals surface area contributed by atoms with Crippen molar-refractivity contribution >= 4 is 41.9 Å². The van der Waals surface area contributed by atoms with Crippen LogP contribution in [0.15, 0.2) is 0 Å².